The Hall–Kier alpha value is 2.12. The van der Waals surface area contributed by atoms with Crippen molar-refractivity contribution in [3.8, 4) is 0 Å². The summed E-state index contributed by atoms with van der Waals surface area (Å²) in [6.45, 7) is 0. The fourth-order valence-electron chi connectivity index (χ4n) is 0. The molecule has 7 heteroatoms. The average Bonchev–Trinajstić information content (AvgIpc) is 0.722. The van der Waals surface area contributed by atoms with Crippen molar-refractivity contribution < 1.29 is 73.2 Å². The fourth-order valence-corrected chi connectivity index (χ4v) is 0. The van der Waals surface area contributed by atoms with E-state index in [0.717, 1.165) is 0 Å². The quantitative estimate of drug-likeness (QED) is 0.380. The third kappa shape index (κ3) is 67.6. The standard InChI is InChI=1S/AsH3O4.Na.Zr.H/c2-1(3,4)5;;;/h(H3,2,3,4,5);;;/q;+1;;-1. The van der Waals surface area contributed by atoms with Gasteiger partial charge in [0.05, 0.1) is 0 Å². The van der Waals surface area contributed by atoms with E-state index in [0.29, 0.717) is 0 Å². The van der Waals surface area contributed by atoms with Gasteiger partial charge in [-0.1, -0.05) is 0 Å². The minimum Gasteiger partial charge on any atom is -1.00 e. The molecule has 0 aliphatic heterocycles. The average molecular weight is 257 g/mol. The van der Waals surface area contributed by atoms with Crippen molar-refractivity contribution in [3.63, 3.8) is 0 Å². The first-order valence-corrected chi connectivity index (χ1v) is 4.07. The summed E-state index contributed by atoms with van der Waals surface area (Å²) in [6, 6.07) is 0. The van der Waals surface area contributed by atoms with Gasteiger partial charge in [-0.05, 0) is 0 Å². The van der Waals surface area contributed by atoms with Crippen molar-refractivity contribution in [3.05, 3.63) is 0 Å². The van der Waals surface area contributed by atoms with Crippen molar-refractivity contribution in [2.24, 2.45) is 0 Å². The molecule has 0 saturated carbocycles. The van der Waals surface area contributed by atoms with Crippen LogP contribution in [0.5, 0.6) is 0 Å². The molecule has 4 nitrogen and oxygen atoms in total. The largest absolute Gasteiger partial charge is 1.00 e. The third-order valence-electron chi connectivity index (χ3n) is 0. The Kier molecular flexibility index (Phi) is 14.3. The van der Waals surface area contributed by atoms with Crippen LogP contribution >= 0.6 is 0 Å². The fraction of sp³-hybridized carbons (Fsp3) is 0. The van der Waals surface area contributed by atoms with Crippen LogP contribution in [0.2, 0.25) is 0 Å². The van der Waals surface area contributed by atoms with Gasteiger partial charge in [0.2, 0.25) is 0 Å². The van der Waals surface area contributed by atoms with Crippen LogP contribution in [0, 0.1) is 0 Å². The van der Waals surface area contributed by atoms with Gasteiger partial charge in [-0.25, -0.2) is 0 Å². The predicted molar refractivity (Wildman–Crippen MR) is 14.2 cm³/mol. The van der Waals surface area contributed by atoms with Gasteiger partial charge in [0, 0.05) is 26.2 Å². The third-order valence-corrected chi connectivity index (χ3v) is 0. The summed E-state index contributed by atoms with van der Waals surface area (Å²) in [5.41, 5.74) is 0. The summed E-state index contributed by atoms with van der Waals surface area (Å²) in [5, 5.41) is 0. The molecule has 0 atom stereocenters. The first-order chi connectivity index (χ1) is 2.00. The van der Waals surface area contributed by atoms with Crippen LogP contribution in [-0.4, -0.2) is 26.8 Å². The van der Waals surface area contributed by atoms with E-state index in [-0.39, 0.29) is 57.2 Å². The minimum absolute atomic E-state index is 0. The smallest absolute Gasteiger partial charge is 1.00 e. The molecule has 0 bridgehead atoms. The molecule has 0 radical (unpaired) electrons. The van der Waals surface area contributed by atoms with Crippen molar-refractivity contribution in [1.82, 2.24) is 0 Å². The second-order valence-electron chi connectivity index (χ2n) is 0.513. The van der Waals surface area contributed by atoms with Crippen LogP contribution in [0.1, 0.15) is 1.43 Å². The molecule has 0 amide bonds. The summed E-state index contributed by atoms with van der Waals surface area (Å²) in [7, 11) is 0. The van der Waals surface area contributed by atoms with E-state index in [1.807, 2.05) is 0 Å². The zero-order valence-electron chi connectivity index (χ0n) is 4.70. The van der Waals surface area contributed by atoms with E-state index >= 15 is 0 Å². The predicted octanol–water partition coefficient (Wildman–Crippen LogP) is -5.06. The number of hydrogen-bond donors (Lipinski definition) is 3. The van der Waals surface area contributed by atoms with E-state index in [2.05, 4.69) is 0 Å². The molecule has 0 aliphatic rings. The molecule has 0 heterocycles. The zero-order chi connectivity index (χ0) is 4.50. The maximum absolute atomic E-state index is 8.94. The maximum Gasteiger partial charge on any atom is 1.00 e. The molecule has 3 N–H and O–H groups in total. The van der Waals surface area contributed by atoms with Crippen LogP contribution in [0.15, 0.2) is 0 Å². The van der Waals surface area contributed by atoms with Gasteiger partial charge in [-0.3, -0.25) is 0 Å². The molecule has 0 unspecified atom stereocenters. The topological polar surface area (TPSA) is 77.8 Å². The van der Waals surface area contributed by atoms with Gasteiger partial charge in [0.1, 0.15) is 0 Å². The van der Waals surface area contributed by atoms with E-state index < -0.39 is 14.5 Å². The van der Waals surface area contributed by atoms with Gasteiger partial charge in [0.25, 0.3) is 0 Å². The van der Waals surface area contributed by atoms with Gasteiger partial charge in [-0.15, -0.1) is 0 Å². The van der Waals surface area contributed by atoms with Crippen LogP contribution in [0.25, 0.3) is 0 Å². The Morgan fingerprint density at radius 3 is 1.29 bits per heavy atom. The van der Waals surface area contributed by atoms with E-state index in [1.165, 1.54) is 0 Å². The van der Waals surface area contributed by atoms with Crippen molar-refractivity contribution >= 4 is 14.5 Å². The Bertz CT molecular complexity index is 62.2. The summed E-state index contributed by atoms with van der Waals surface area (Å²) in [6.07, 6.45) is 0. The number of hydrogen-bond acceptors (Lipinski definition) is 1. The van der Waals surface area contributed by atoms with Gasteiger partial charge >= 0.3 is 60.1 Å². The molecule has 0 saturated heterocycles. The molecule has 0 aromatic heterocycles. The van der Waals surface area contributed by atoms with Gasteiger partial charge in [0.15, 0.2) is 0 Å². The Morgan fingerprint density at radius 2 is 1.29 bits per heavy atom. The van der Waals surface area contributed by atoms with E-state index in [4.69, 9.17) is 16.0 Å². The minimum atomic E-state index is -5.12. The first kappa shape index (κ1) is 16.1. The normalized spacial score (nSPS) is 8.43. The molecule has 7 heavy (non-hydrogen) atoms. The Morgan fingerprint density at radius 1 is 1.29 bits per heavy atom. The molecule has 0 spiro atoms. The number of rotatable bonds is 0. The van der Waals surface area contributed by atoms with Gasteiger partial charge in [-0.2, -0.15) is 0 Å². The SMILES string of the molecule is O=[As](O)(O)O.[H-].[Na+].[Zr]. The van der Waals surface area contributed by atoms with E-state index in [1.54, 1.807) is 0 Å². The molecule has 0 aromatic carbocycles. The summed E-state index contributed by atoms with van der Waals surface area (Å²) < 4.78 is 30.7. The Balaban J connectivity index is -0.0000000267. The molecule has 0 aromatic rings. The molecule has 0 aliphatic carbocycles. The molecular weight excluding hydrogens is 253 g/mol. The van der Waals surface area contributed by atoms with Crippen LogP contribution in [-0.2, 0) is 29.9 Å². The summed E-state index contributed by atoms with van der Waals surface area (Å²) in [4.78, 5) is 0. The maximum atomic E-state index is 8.94. The summed E-state index contributed by atoms with van der Waals surface area (Å²) in [5.74, 6) is 0. The van der Waals surface area contributed by atoms with Crippen LogP contribution in [0.4, 0.5) is 0 Å². The van der Waals surface area contributed by atoms with Crippen LogP contribution in [0.3, 0.4) is 0 Å². The second-order valence-corrected chi connectivity index (χ2v) is 2.67. The van der Waals surface area contributed by atoms with Gasteiger partial charge < -0.3 is 1.43 Å². The van der Waals surface area contributed by atoms with Crippen molar-refractivity contribution in [2.45, 2.75) is 0 Å². The van der Waals surface area contributed by atoms with Crippen molar-refractivity contribution in [1.29, 1.82) is 0 Å². The Labute approximate surface area is 86.6 Å². The summed E-state index contributed by atoms with van der Waals surface area (Å²) >= 11 is -5.12. The molecule has 0 fully saturated rings. The molecule has 0 rings (SSSR count). The monoisotopic (exact) mass is 256 g/mol. The van der Waals surface area contributed by atoms with Crippen LogP contribution < -0.4 is 29.6 Å². The van der Waals surface area contributed by atoms with Crippen molar-refractivity contribution in [2.75, 3.05) is 0 Å². The first-order valence-electron chi connectivity index (χ1n) is 0.783. The van der Waals surface area contributed by atoms with E-state index in [9.17, 15) is 0 Å². The molecular formula is H4AsNaO4Zr. The molecule has 38 valence electrons. The second kappa shape index (κ2) is 6.24. The zero-order valence-corrected chi connectivity index (χ0v) is 10.0.